The second-order valence-corrected chi connectivity index (χ2v) is 5.23. The number of benzene rings is 1. The van der Waals surface area contributed by atoms with Crippen LogP contribution in [0.3, 0.4) is 0 Å². The predicted molar refractivity (Wildman–Crippen MR) is 77.4 cm³/mol. The lowest BCUT2D eigenvalue weighted by Crippen LogP contribution is -2.40. The van der Waals surface area contributed by atoms with Gasteiger partial charge in [-0.2, -0.15) is 11.8 Å². The van der Waals surface area contributed by atoms with Gasteiger partial charge in [-0.1, -0.05) is 11.6 Å². The molecule has 0 fully saturated rings. The van der Waals surface area contributed by atoms with E-state index >= 15 is 0 Å². The molecule has 19 heavy (non-hydrogen) atoms. The van der Waals surface area contributed by atoms with Crippen molar-refractivity contribution in [1.29, 1.82) is 0 Å². The first-order valence-corrected chi connectivity index (χ1v) is 7.46. The second-order valence-electron chi connectivity index (χ2n) is 3.89. The lowest BCUT2D eigenvalue weighted by Gasteiger charge is -2.17. The Morgan fingerprint density at radius 1 is 1.58 bits per heavy atom. The summed E-state index contributed by atoms with van der Waals surface area (Å²) in [6.07, 6.45) is 2.36. The van der Waals surface area contributed by atoms with Crippen LogP contribution in [0.25, 0.3) is 0 Å². The summed E-state index contributed by atoms with van der Waals surface area (Å²) in [6, 6.07) is 3.36. The molecule has 3 N–H and O–H groups in total. The molecule has 7 heteroatoms. The van der Waals surface area contributed by atoms with E-state index in [1.54, 1.807) is 11.8 Å². The van der Waals surface area contributed by atoms with Crippen LogP contribution in [0.15, 0.2) is 18.2 Å². The molecule has 106 valence electrons. The molecule has 0 aromatic heterocycles. The summed E-state index contributed by atoms with van der Waals surface area (Å²) in [5.74, 6) is 0.0862. The van der Waals surface area contributed by atoms with E-state index in [0.717, 1.165) is 6.07 Å². The Labute approximate surface area is 120 Å². The Hall–Kier alpha value is -0.980. The molecular formula is C12H16ClFN2O2S. The van der Waals surface area contributed by atoms with Crippen molar-refractivity contribution < 1.29 is 14.3 Å². The van der Waals surface area contributed by atoms with E-state index < -0.39 is 11.8 Å². The van der Waals surface area contributed by atoms with Crippen molar-refractivity contribution in [3.8, 4) is 0 Å². The van der Waals surface area contributed by atoms with Gasteiger partial charge < -0.3 is 15.7 Å². The largest absolute Gasteiger partial charge is 0.396 e. The highest BCUT2D eigenvalue weighted by Gasteiger charge is 2.12. The van der Waals surface area contributed by atoms with Crippen molar-refractivity contribution in [1.82, 2.24) is 5.32 Å². The van der Waals surface area contributed by atoms with E-state index in [0.29, 0.717) is 12.2 Å². The highest BCUT2D eigenvalue weighted by Crippen LogP contribution is 2.18. The number of carbonyl (C=O) groups is 1. The molecule has 0 heterocycles. The number of carbonyl (C=O) groups excluding carboxylic acids is 1. The van der Waals surface area contributed by atoms with Crippen LogP contribution >= 0.6 is 23.4 Å². The van der Waals surface area contributed by atoms with Gasteiger partial charge in [-0.25, -0.2) is 9.18 Å². The van der Waals surface area contributed by atoms with Crippen molar-refractivity contribution in [2.75, 3.05) is 23.9 Å². The van der Waals surface area contributed by atoms with E-state index in [4.69, 9.17) is 16.7 Å². The number of halogens is 2. The van der Waals surface area contributed by atoms with Gasteiger partial charge in [0.1, 0.15) is 5.82 Å². The fourth-order valence-electron chi connectivity index (χ4n) is 1.49. The van der Waals surface area contributed by atoms with E-state index in [1.165, 1.54) is 12.1 Å². The Balaban J connectivity index is 2.58. The molecular weight excluding hydrogens is 291 g/mol. The summed E-state index contributed by atoms with van der Waals surface area (Å²) in [4.78, 5) is 11.7. The molecule has 0 aliphatic rings. The van der Waals surface area contributed by atoms with E-state index in [1.807, 2.05) is 6.26 Å². The normalized spacial score (nSPS) is 12.0. The smallest absolute Gasteiger partial charge is 0.319 e. The second kappa shape index (κ2) is 8.24. The molecule has 0 aliphatic heterocycles. The van der Waals surface area contributed by atoms with Crippen LogP contribution < -0.4 is 10.6 Å². The van der Waals surface area contributed by atoms with Gasteiger partial charge in [-0.15, -0.1) is 0 Å². The van der Waals surface area contributed by atoms with Crippen molar-refractivity contribution in [3.05, 3.63) is 29.0 Å². The number of hydrogen-bond donors (Lipinski definition) is 3. The predicted octanol–water partition coefficient (Wildman–Crippen LogP) is 2.71. The average Bonchev–Trinajstić information content (AvgIpc) is 2.33. The molecule has 0 saturated carbocycles. The lowest BCUT2D eigenvalue weighted by molar-refractivity contribution is 0.241. The van der Waals surface area contributed by atoms with Crippen LogP contribution in [-0.2, 0) is 0 Å². The number of nitrogens with one attached hydrogen (secondary N) is 2. The maximum Gasteiger partial charge on any atom is 0.319 e. The third kappa shape index (κ3) is 5.67. The fraction of sp³-hybridized carbons (Fsp3) is 0.417. The zero-order valence-corrected chi connectivity index (χ0v) is 12.0. The molecule has 1 rings (SSSR count). The molecule has 1 aromatic carbocycles. The van der Waals surface area contributed by atoms with Crippen LogP contribution in [0.4, 0.5) is 14.9 Å². The van der Waals surface area contributed by atoms with Gasteiger partial charge in [0.05, 0.1) is 5.69 Å². The minimum Gasteiger partial charge on any atom is -0.396 e. The van der Waals surface area contributed by atoms with Gasteiger partial charge in [0.15, 0.2) is 0 Å². The number of rotatable bonds is 6. The number of thioether (sulfide) groups is 1. The van der Waals surface area contributed by atoms with E-state index in [9.17, 15) is 9.18 Å². The topological polar surface area (TPSA) is 61.4 Å². The Morgan fingerprint density at radius 3 is 2.89 bits per heavy atom. The maximum atomic E-state index is 13.5. The number of urea groups is 1. The molecule has 4 nitrogen and oxygen atoms in total. The van der Waals surface area contributed by atoms with E-state index in [-0.39, 0.29) is 23.4 Å². The molecule has 0 aliphatic carbocycles. The third-order valence-electron chi connectivity index (χ3n) is 2.36. The molecule has 0 saturated heterocycles. The van der Waals surface area contributed by atoms with Crippen LogP contribution in [0.1, 0.15) is 6.42 Å². The Morgan fingerprint density at radius 2 is 2.32 bits per heavy atom. The Kier molecular flexibility index (Phi) is 6.97. The SMILES string of the molecule is CSCC(CCO)NC(=O)Nc1ccc(Cl)cc1F. The van der Waals surface area contributed by atoms with Gasteiger partial charge in [0, 0.05) is 23.4 Å². The van der Waals surface area contributed by atoms with Gasteiger partial charge in [-0.05, 0) is 30.9 Å². The summed E-state index contributed by atoms with van der Waals surface area (Å²) in [6.45, 7) is -0.0131. The third-order valence-corrected chi connectivity index (χ3v) is 3.33. The minimum atomic E-state index is -0.591. The summed E-state index contributed by atoms with van der Waals surface area (Å²) in [5, 5.41) is 14.2. The number of aliphatic hydroxyl groups excluding tert-OH is 1. The lowest BCUT2D eigenvalue weighted by atomic mass is 10.2. The monoisotopic (exact) mass is 306 g/mol. The van der Waals surface area contributed by atoms with Gasteiger partial charge >= 0.3 is 6.03 Å². The maximum absolute atomic E-state index is 13.5. The minimum absolute atomic E-state index is 0.0131. The van der Waals surface area contributed by atoms with Crippen molar-refractivity contribution in [2.45, 2.75) is 12.5 Å². The molecule has 1 atom stereocenters. The van der Waals surface area contributed by atoms with Crippen LogP contribution in [0, 0.1) is 5.82 Å². The number of aliphatic hydroxyl groups is 1. The summed E-state index contributed by atoms with van der Waals surface area (Å²) >= 11 is 7.18. The molecule has 1 unspecified atom stereocenters. The first-order chi connectivity index (χ1) is 9.06. The first-order valence-electron chi connectivity index (χ1n) is 5.69. The molecule has 0 radical (unpaired) electrons. The van der Waals surface area contributed by atoms with Crippen molar-refractivity contribution >= 4 is 35.1 Å². The summed E-state index contributed by atoms with van der Waals surface area (Å²) in [7, 11) is 0. The van der Waals surface area contributed by atoms with Crippen LogP contribution in [0.2, 0.25) is 5.02 Å². The van der Waals surface area contributed by atoms with Crippen LogP contribution in [-0.4, -0.2) is 35.8 Å². The van der Waals surface area contributed by atoms with Gasteiger partial charge in [-0.3, -0.25) is 0 Å². The summed E-state index contributed by atoms with van der Waals surface area (Å²) < 4.78 is 13.5. The first kappa shape index (κ1) is 16.1. The quantitative estimate of drug-likeness (QED) is 0.757. The standard InChI is InChI=1S/C12H16ClFN2O2S/c1-19-7-9(4-5-17)15-12(18)16-11-3-2-8(13)6-10(11)14/h2-3,6,9,17H,4-5,7H2,1H3,(H2,15,16,18). The highest BCUT2D eigenvalue weighted by atomic mass is 35.5. The fourth-order valence-corrected chi connectivity index (χ4v) is 2.30. The van der Waals surface area contributed by atoms with Crippen LogP contribution in [0.5, 0.6) is 0 Å². The van der Waals surface area contributed by atoms with Crippen molar-refractivity contribution in [2.24, 2.45) is 0 Å². The zero-order valence-electron chi connectivity index (χ0n) is 10.5. The summed E-state index contributed by atoms with van der Waals surface area (Å²) in [5.41, 5.74) is 0.0637. The average molecular weight is 307 g/mol. The number of hydrogen-bond acceptors (Lipinski definition) is 3. The molecule has 2 amide bonds. The van der Waals surface area contributed by atoms with E-state index in [2.05, 4.69) is 10.6 Å². The molecule has 0 spiro atoms. The molecule has 1 aromatic rings. The highest BCUT2D eigenvalue weighted by molar-refractivity contribution is 7.98. The Bertz CT molecular complexity index is 428. The van der Waals surface area contributed by atoms with Crippen molar-refractivity contribution in [3.63, 3.8) is 0 Å². The number of amides is 2. The number of anilines is 1. The molecule has 0 bridgehead atoms. The van der Waals surface area contributed by atoms with Gasteiger partial charge in [0.25, 0.3) is 0 Å². The zero-order chi connectivity index (χ0) is 14.3. The van der Waals surface area contributed by atoms with Gasteiger partial charge in [0.2, 0.25) is 0 Å².